The molecule has 2 atom stereocenters. The normalized spacial score (nSPS) is 30.7. The van der Waals surface area contributed by atoms with Crippen LogP contribution in [0.15, 0.2) is 30.3 Å². The molecule has 5 heteroatoms. The third-order valence-corrected chi connectivity index (χ3v) is 4.10. The highest BCUT2D eigenvalue weighted by Gasteiger charge is 2.77. The molecule has 112 valence electrons. The molecule has 0 bridgehead atoms. The Morgan fingerprint density at radius 1 is 1.29 bits per heavy atom. The molecular weight excluding hydrogens is 270 g/mol. The lowest BCUT2D eigenvalue weighted by Gasteiger charge is -2.32. The fraction of sp³-hybridized carbons (Fsp3) is 0.500. The number of alkyl carbamates (subject to hydrolysis) is 1. The number of esters is 1. The Bertz CT molecular complexity index is 592. The number of hydrogen-bond acceptors (Lipinski definition) is 4. The van der Waals surface area contributed by atoms with Crippen LogP contribution in [0.4, 0.5) is 4.79 Å². The molecule has 21 heavy (non-hydrogen) atoms. The van der Waals surface area contributed by atoms with Crippen LogP contribution in [-0.4, -0.2) is 29.8 Å². The summed E-state index contributed by atoms with van der Waals surface area (Å²) in [6.07, 6.45) is -0.0603. The maximum absolute atomic E-state index is 12.6. The second-order valence-corrected chi connectivity index (χ2v) is 6.73. The van der Waals surface area contributed by atoms with E-state index in [-0.39, 0.29) is 6.61 Å². The summed E-state index contributed by atoms with van der Waals surface area (Å²) < 4.78 is 10.6. The highest BCUT2D eigenvalue weighted by Crippen LogP contribution is 2.60. The monoisotopic (exact) mass is 289 g/mol. The SMILES string of the molecule is CC(C)(C)OC(=O)[C@@]12C[C@]1(c1ccccc1)COC(=O)N2. The third kappa shape index (κ3) is 2.07. The van der Waals surface area contributed by atoms with E-state index in [1.54, 1.807) is 0 Å². The smallest absolute Gasteiger partial charge is 0.408 e. The van der Waals surface area contributed by atoms with Gasteiger partial charge in [-0.25, -0.2) is 9.59 Å². The van der Waals surface area contributed by atoms with Gasteiger partial charge in [0.05, 0.1) is 5.41 Å². The lowest BCUT2D eigenvalue weighted by Crippen LogP contribution is -2.56. The van der Waals surface area contributed by atoms with E-state index in [0.717, 1.165) is 5.56 Å². The average molecular weight is 289 g/mol. The van der Waals surface area contributed by atoms with Crippen molar-refractivity contribution in [3.05, 3.63) is 35.9 Å². The molecule has 1 saturated carbocycles. The number of rotatable bonds is 2. The van der Waals surface area contributed by atoms with Crippen LogP contribution in [0.5, 0.6) is 0 Å². The molecule has 1 heterocycles. The van der Waals surface area contributed by atoms with Crippen LogP contribution >= 0.6 is 0 Å². The van der Waals surface area contributed by atoms with E-state index in [1.165, 1.54) is 0 Å². The van der Waals surface area contributed by atoms with Crippen molar-refractivity contribution in [2.24, 2.45) is 0 Å². The zero-order valence-corrected chi connectivity index (χ0v) is 12.4. The van der Waals surface area contributed by atoms with Crippen molar-refractivity contribution in [1.82, 2.24) is 5.32 Å². The van der Waals surface area contributed by atoms with E-state index in [0.29, 0.717) is 6.42 Å². The van der Waals surface area contributed by atoms with E-state index in [2.05, 4.69) is 5.32 Å². The zero-order valence-electron chi connectivity index (χ0n) is 12.4. The molecule has 1 aromatic carbocycles. The quantitative estimate of drug-likeness (QED) is 0.847. The number of cyclic esters (lactones) is 1. The van der Waals surface area contributed by atoms with Crippen molar-refractivity contribution in [3.8, 4) is 0 Å². The van der Waals surface area contributed by atoms with Gasteiger partial charge < -0.3 is 14.8 Å². The molecule has 1 saturated heterocycles. The predicted molar refractivity (Wildman–Crippen MR) is 75.8 cm³/mol. The van der Waals surface area contributed by atoms with Crippen molar-refractivity contribution in [3.63, 3.8) is 0 Å². The molecule has 0 aromatic heterocycles. The number of amides is 1. The zero-order chi connectivity index (χ0) is 15.3. The summed E-state index contributed by atoms with van der Waals surface area (Å²) in [6, 6.07) is 9.65. The first-order chi connectivity index (χ1) is 9.79. The minimum atomic E-state index is -1.00. The van der Waals surface area contributed by atoms with Crippen LogP contribution in [0.2, 0.25) is 0 Å². The molecule has 1 aliphatic heterocycles. The summed E-state index contributed by atoms with van der Waals surface area (Å²) in [5.41, 5.74) is -1.14. The lowest BCUT2D eigenvalue weighted by molar-refractivity contribution is -0.160. The van der Waals surface area contributed by atoms with Gasteiger partial charge in [0.25, 0.3) is 0 Å². The van der Waals surface area contributed by atoms with Crippen LogP contribution in [0.1, 0.15) is 32.8 Å². The van der Waals surface area contributed by atoms with Gasteiger partial charge in [-0.3, -0.25) is 0 Å². The van der Waals surface area contributed by atoms with Gasteiger partial charge in [-0.1, -0.05) is 30.3 Å². The Kier molecular flexibility index (Phi) is 2.80. The van der Waals surface area contributed by atoms with Crippen molar-refractivity contribution in [1.29, 1.82) is 0 Å². The van der Waals surface area contributed by atoms with Crippen molar-refractivity contribution < 1.29 is 19.1 Å². The highest BCUT2D eigenvalue weighted by atomic mass is 16.6. The lowest BCUT2D eigenvalue weighted by atomic mass is 9.90. The molecule has 3 rings (SSSR count). The molecule has 1 aliphatic carbocycles. The number of hydrogen-bond donors (Lipinski definition) is 1. The van der Waals surface area contributed by atoms with Crippen molar-refractivity contribution in [2.75, 3.05) is 6.61 Å². The summed E-state index contributed by atoms with van der Waals surface area (Å²) in [5.74, 6) is -0.393. The predicted octanol–water partition coefficient (Wildman–Crippen LogP) is 2.15. The van der Waals surface area contributed by atoms with Gasteiger partial charge in [0.1, 0.15) is 12.2 Å². The summed E-state index contributed by atoms with van der Waals surface area (Å²) >= 11 is 0. The Hall–Kier alpha value is -2.04. The van der Waals surface area contributed by atoms with Gasteiger partial charge in [-0.2, -0.15) is 0 Å². The third-order valence-electron chi connectivity index (χ3n) is 4.10. The number of ether oxygens (including phenoxy) is 2. The van der Waals surface area contributed by atoms with Gasteiger partial charge in [0, 0.05) is 0 Å². The molecule has 1 aromatic rings. The van der Waals surface area contributed by atoms with Crippen LogP contribution in [0.3, 0.4) is 0 Å². The highest BCUT2D eigenvalue weighted by molar-refractivity contribution is 5.94. The van der Waals surface area contributed by atoms with Crippen LogP contribution in [0.25, 0.3) is 0 Å². The van der Waals surface area contributed by atoms with E-state index in [4.69, 9.17) is 9.47 Å². The molecular formula is C16H19NO4. The van der Waals surface area contributed by atoms with Gasteiger partial charge in [0.2, 0.25) is 0 Å². The maximum Gasteiger partial charge on any atom is 0.408 e. The second kappa shape index (κ2) is 4.23. The van der Waals surface area contributed by atoms with Gasteiger partial charge in [0.15, 0.2) is 5.54 Å². The second-order valence-electron chi connectivity index (χ2n) is 6.73. The number of benzene rings is 1. The van der Waals surface area contributed by atoms with E-state index in [9.17, 15) is 9.59 Å². The van der Waals surface area contributed by atoms with Gasteiger partial charge >= 0.3 is 12.1 Å². The van der Waals surface area contributed by atoms with Crippen LogP contribution < -0.4 is 5.32 Å². The number of carbonyl (C=O) groups excluding carboxylic acids is 2. The summed E-state index contributed by atoms with van der Waals surface area (Å²) in [7, 11) is 0. The van der Waals surface area contributed by atoms with Gasteiger partial charge in [-0.15, -0.1) is 0 Å². The Morgan fingerprint density at radius 2 is 1.95 bits per heavy atom. The summed E-state index contributed by atoms with van der Waals surface area (Å²) in [5, 5.41) is 2.69. The Labute approximate surface area is 123 Å². The summed E-state index contributed by atoms with van der Waals surface area (Å²) in [6.45, 7) is 5.64. The summed E-state index contributed by atoms with van der Waals surface area (Å²) in [4.78, 5) is 24.2. The van der Waals surface area contributed by atoms with Crippen molar-refractivity contribution >= 4 is 12.1 Å². The van der Waals surface area contributed by atoms with Crippen LogP contribution in [-0.2, 0) is 19.7 Å². The first-order valence-corrected chi connectivity index (χ1v) is 7.03. The molecule has 0 radical (unpaired) electrons. The van der Waals surface area contributed by atoms with Crippen LogP contribution in [0, 0.1) is 0 Å². The molecule has 0 unspecified atom stereocenters. The fourth-order valence-electron chi connectivity index (χ4n) is 3.02. The minimum absolute atomic E-state index is 0.197. The standard InChI is InChI=1S/C16H19NO4/c1-14(2,3)21-12(18)16-9-15(16,10-20-13(19)17-16)11-7-5-4-6-8-11/h4-8H,9-10H2,1-3H3,(H,17,19)/t15-,16+/m1/s1. The molecule has 5 nitrogen and oxygen atoms in total. The Balaban J connectivity index is 1.96. The fourth-order valence-corrected chi connectivity index (χ4v) is 3.02. The maximum atomic E-state index is 12.6. The molecule has 2 aliphatic rings. The first-order valence-electron chi connectivity index (χ1n) is 7.03. The average Bonchev–Trinajstić information content (AvgIpc) is 3.09. The minimum Gasteiger partial charge on any atom is -0.458 e. The number of carbonyl (C=O) groups is 2. The van der Waals surface area contributed by atoms with E-state index in [1.807, 2.05) is 51.1 Å². The number of fused-ring (bicyclic) bond motifs is 1. The first kappa shape index (κ1) is 13.9. The largest absolute Gasteiger partial charge is 0.458 e. The topological polar surface area (TPSA) is 64.6 Å². The molecule has 0 spiro atoms. The number of nitrogens with one attached hydrogen (secondary N) is 1. The van der Waals surface area contributed by atoms with Crippen molar-refractivity contribution in [2.45, 2.75) is 43.7 Å². The molecule has 1 amide bonds. The van der Waals surface area contributed by atoms with E-state index < -0.39 is 28.6 Å². The Morgan fingerprint density at radius 3 is 2.57 bits per heavy atom. The molecule has 2 fully saturated rings. The van der Waals surface area contributed by atoms with E-state index >= 15 is 0 Å². The van der Waals surface area contributed by atoms with Gasteiger partial charge in [-0.05, 0) is 32.8 Å². The molecule has 1 N–H and O–H groups in total.